The lowest BCUT2D eigenvalue weighted by atomic mass is 10.0. The molecule has 1 fully saturated rings. The van der Waals surface area contributed by atoms with E-state index in [1.54, 1.807) is 19.4 Å². The quantitative estimate of drug-likeness (QED) is 0.886. The first-order valence-corrected chi connectivity index (χ1v) is 9.44. The van der Waals surface area contributed by atoms with Gasteiger partial charge in [-0.2, -0.15) is 0 Å². The molecule has 0 bridgehead atoms. The van der Waals surface area contributed by atoms with Crippen LogP contribution in [0, 0.1) is 0 Å². The Labute approximate surface area is 159 Å². The average molecular weight is 367 g/mol. The molecule has 2 aliphatic rings. The van der Waals surface area contributed by atoms with Crippen LogP contribution in [0.3, 0.4) is 0 Å². The summed E-state index contributed by atoms with van der Waals surface area (Å²) < 4.78 is 5.71. The van der Waals surface area contributed by atoms with Gasteiger partial charge in [-0.15, -0.1) is 0 Å². The van der Waals surface area contributed by atoms with E-state index >= 15 is 0 Å². The van der Waals surface area contributed by atoms with Gasteiger partial charge in [0, 0.05) is 58.1 Å². The van der Waals surface area contributed by atoms with Crippen LogP contribution in [-0.2, 0) is 6.42 Å². The first-order valence-electron chi connectivity index (χ1n) is 9.44. The van der Waals surface area contributed by atoms with Gasteiger partial charge in [0.2, 0.25) is 5.95 Å². The highest BCUT2D eigenvalue weighted by molar-refractivity contribution is 5.93. The number of hydrogen-bond acceptors (Lipinski definition) is 6. The molecule has 0 saturated carbocycles. The molecule has 3 heterocycles. The maximum Gasteiger partial charge on any atom is 0.254 e. The highest BCUT2D eigenvalue weighted by Crippen LogP contribution is 2.31. The van der Waals surface area contributed by atoms with Crippen LogP contribution in [0.25, 0.3) is 0 Å². The molecule has 4 rings (SSSR count). The summed E-state index contributed by atoms with van der Waals surface area (Å²) in [6.45, 7) is 6.67. The first kappa shape index (κ1) is 17.7. The lowest BCUT2D eigenvalue weighted by molar-refractivity contribution is 0.0962. The van der Waals surface area contributed by atoms with Crippen LogP contribution < -0.4 is 15.0 Å². The first-order chi connectivity index (χ1) is 13.2. The van der Waals surface area contributed by atoms with Crippen molar-refractivity contribution in [3.8, 4) is 5.75 Å². The van der Waals surface area contributed by atoms with Crippen molar-refractivity contribution >= 4 is 11.9 Å². The van der Waals surface area contributed by atoms with Crippen molar-refractivity contribution in [3.05, 3.63) is 47.3 Å². The van der Waals surface area contributed by atoms with Crippen LogP contribution in [-0.4, -0.2) is 60.6 Å². The number of anilines is 1. The number of hydrogen-bond donors (Lipinski definition) is 1. The summed E-state index contributed by atoms with van der Waals surface area (Å²) >= 11 is 0. The molecule has 2 aromatic rings. The third kappa shape index (κ3) is 3.60. The molecule has 142 valence electrons. The van der Waals surface area contributed by atoms with Crippen molar-refractivity contribution < 1.29 is 9.53 Å². The van der Waals surface area contributed by atoms with E-state index < -0.39 is 0 Å². The summed E-state index contributed by atoms with van der Waals surface area (Å²) in [6, 6.07) is 6.97. The second kappa shape index (κ2) is 7.52. The van der Waals surface area contributed by atoms with Gasteiger partial charge < -0.3 is 15.0 Å². The van der Waals surface area contributed by atoms with Gasteiger partial charge in [0.1, 0.15) is 5.75 Å². The molecule has 1 N–H and O–H groups in total. The van der Waals surface area contributed by atoms with Gasteiger partial charge in [-0.05, 0) is 24.1 Å². The van der Waals surface area contributed by atoms with Crippen molar-refractivity contribution in [2.75, 3.05) is 44.7 Å². The summed E-state index contributed by atoms with van der Waals surface area (Å²) in [6.07, 6.45) is 4.18. The maximum absolute atomic E-state index is 11.6. The second-order valence-electron chi connectivity index (χ2n) is 7.02. The zero-order valence-electron chi connectivity index (χ0n) is 15.8. The molecule has 1 saturated heterocycles. The maximum atomic E-state index is 11.6. The minimum absolute atomic E-state index is 0.168. The molecule has 0 spiro atoms. The van der Waals surface area contributed by atoms with E-state index in [2.05, 4.69) is 50.2 Å². The van der Waals surface area contributed by atoms with Crippen LogP contribution in [0.4, 0.5) is 5.95 Å². The summed E-state index contributed by atoms with van der Waals surface area (Å²) in [7, 11) is 1.60. The Kier molecular flexibility index (Phi) is 4.94. The van der Waals surface area contributed by atoms with Crippen molar-refractivity contribution in [1.29, 1.82) is 0 Å². The van der Waals surface area contributed by atoms with Gasteiger partial charge >= 0.3 is 0 Å². The number of ether oxygens (including phenoxy) is 1. The number of piperazine rings is 1. The average Bonchev–Trinajstić information content (AvgIpc) is 3.21. The summed E-state index contributed by atoms with van der Waals surface area (Å²) in [4.78, 5) is 25.0. The number of amides is 1. The molecule has 0 aliphatic carbocycles. The Hall–Kier alpha value is -2.67. The third-order valence-corrected chi connectivity index (χ3v) is 5.47. The highest BCUT2D eigenvalue weighted by atomic mass is 16.5. The molecule has 2 aliphatic heterocycles. The lowest BCUT2D eigenvalue weighted by Gasteiger charge is -2.38. The van der Waals surface area contributed by atoms with Crippen molar-refractivity contribution in [2.24, 2.45) is 0 Å². The minimum atomic E-state index is -0.168. The van der Waals surface area contributed by atoms with E-state index in [0.29, 0.717) is 17.6 Å². The number of aromatic nitrogens is 2. The standard InChI is InChI=1S/C20H25N5O2/c1-14(16-4-3-15-5-10-27-18(15)11-16)24-6-8-25(9-7-24)20-22-12-17(13-23-20)19(26)21-2/h3-4,11-14H,5-10H2,1-2H3,(H,21,26). The highest BCUT2D eigenvalue weighted by Gasteiger charge is 2.24. The Morgan fingerprint density at radius 3 is 2.63 bits per heavy atom. The Morgan fingerprint density at radius 1 is 1.19 bits per heavy atom. The summed E-state index contributed by atoms with van der Waals surface area (Å²) in [5, 5.41) is 2.58. The Bertz CT molecular complexity index is 816. The number of carbonyl (C=O) groups excluding carboxylic acids is 1. The predicted octanol–water partition coefficient (Wildman–Crippen LogP) is 1.65. The molecule has 0 radical (unpaired) electrons. The van der Waals surface area contributed by atoms with Crippen LogP contribution >= 0.6 is 0 Å². The monoisotopic (exact) mass is 367 g/mol. The van der Waals surface area contributed by atoms with E-state index in [9.17, 15) is 4.79 Å². The van der Waals surface area contributed by atoms with E-state index in [4.69, 9.17) is 4.74 Å². The number of rotatable bonds is 4. The minimum Gasteiger partial charge on any atom is -0.493 e. The van der Waals surface area contributed by atoms with Gasteiger partial charge in [0.05, 0.1) is 12.2 Å². The van der Waals surface area contributed by atoms with Crippen molar-refractivity contribution in [3.63, 3.8) is 0 Å². The fourth-order valence-electron chi connectivity index (χ4n) is 3.71. The number of nitrogens with zero attached hydrogens (tertiary/aromatic N) is 4. The van der Waals surface area contributed by atoms with Crippen molar-refractivity contribution in [1.82, 2.24) is 20.2 Å². The predicted molar refractivity (Wildman–Crippen MR) is 103 cm³/mol. The molecular weight excluding hydrogens is 342 g/mol. The van der Waals surface area contributed by atoms with Crippen LogP contribution in [0.1, 0.15) is 34.5 Å². The van der Waals surface area contributed by atoms with Gasteiger partial charge in [-0.1, -0.05) is 12.1 Å². The fourth-order valence-corrected chi connectivity index (χ4v) is 3.71. The van der Waals surface area contributed by atoms with E-state index in [-0.39, 0.29) is 5.91 Å². The Balaban J connectivity index is 1.37. The normalized spacial score (nSPS) is 17.9. The smallest absolute Gasteiger partial charge is 0.254 e. The number of carbonyl (C=O) groups is 1. The van der Waals surface area contributed by atoms with Gasteiger partial charge in [0.25, 0.3) is 5.91 Å². The van der Waals surface area contributed by atoms with Crippen LogP contribution in [0.5, 0.6) is 5.75 Å². The van der Waals surface area contributed by atoms with Crippen LogP contribution in [0.15, 0.2) is 30.6 Å². The molecular formula is C20H25N5O2. The van der Waals surface area contributed by atoms with Crippen LogP contribution in [0.2, 0.25) is 0 Å². The lowest BCUT2D eigenvalue weighted by Crippen LogP contribution is -2.47. The largest absolute Gasteiger partial charge is 0.493 e. The van der Waals surface area contributed by atoms with E-state index in [1.165, 1.54) is 11.1 Å². The van der Waals surface area contributed by atoms with E-state index in [0.717, 1.165) is 45.0 Å². The van der Waals surface area contributed by atoms with Gasteiger partial charge in [-0.3, -0.25) is 9.69 Å². The molecule has 7 nitrogen and oxygen atoms in total. The molecule has 1 aromatic carbocycles. The second-order valence-corrected chi connectivity index (χ2v) is 7.02. The third-order valence-electron chi connectivity index (χ3n) is 5.47. The molecule has 1 amide bonds. The zero-order valence-corrected chi connectivity index (χ0v) is 15.8. The SMILES string of the molecule is CNC(=O)c1cnc(N2CCN(C(C)c3ccc4c(c3)OCC4)CC2)nc1. The Morgan fingerprint density at radius 2 is 1.93 bits per heavy atom. The number of fused-ring (bicyclic) bond motifs is 1. The van der Waals surface area contributed by atoms with Gasteiger partial charge in [-0.25, -0.2) is 9.97 Å². The molecule has 1 unspecified atom stereocenters. The number of benzene rings is 1. The summed E-state index contributed by atoms with van der Waals surface area (Å²) in [5.41, 5.74) is 3.09. The van der Waals surface area contributed by atoms with Gasteiger partial charge in [0.15, 0.2) is 0 Å². The molecule has 1 atom stereocenters. The summed E-state index contributed by atoms with van der Waals surface area (Å²) in [5.74, 6) is 1.56. The molecule has 7 heteroatoms. The zero-order chi connectivity index (χ0) is 18.8. The molecule has 27 heavy (non-hydrogen) atoms. The topological polar surface area (TPSA) is 70.6 Å². The molecule has 1 aromatic heterocycles. The fraction of sp³-hybridized carbons (Fsp3) is 0.450. The van der Waals surface area contributed by atoms with E-state index in [1.807, 2.05) is 0 Å². The number of nitrogens with one attached hydrogen (secondary N) is 1. The van der Waals surface area contributed by atoms with Crippen molar-refractivity contribution in [2.45, 2.75) is 19.4 Å².